The maximum Gasteiger partial charge on any atom is 0.119 e. The van der Waals surface area contributed by atoms with Gasteiger partial charge in [-0.05, 0) is 48.4 Å². The van der Waals surface area contributed by atoms with Crippen LogP contribution in [-0.4, -0.2) is 11.2 Å². The summed E-state index contributed by atoms with van der Waals surface area (Å²) in [6.45, 7) is 4.00. The molecule has 0 fully saturated rings. The first-order chi connectivity index (χ1) is 10.1. The van der Waals surface area contributed by atoms with Gasteiger partial charge in [-0.25, -0.2) is 0 Å². The number of hydrogen-bond donors (Lipinski definition) is 1. The van der Waals surface area contributed by atoms with Crippen LogP contribution in [0.25, 0.3) is 10.1 Å². The third-order valence-corrected chi connectivity index (χ3v) is 4.35. The van der Waals surface area contributed by atoms with E-state index in [9.17, 15) is 5.11 Å². The Morgan fingerprint density at radius 2 is 1.71 bits per heavy atom. The molecule has 0 aliphatic carbocycles. The van der Waals surface area contributed by atoms with Crippen molar-refractivity contribution >= 4 is 21.4 Å². The highest BCUT2D eigenvalue weighted by Crippen LogP contribution is 2.33. The number of ether oxygens (including phenoxy) is 1. The highest BCUT2D eigenvalue weighted by Gasteiger charge is 2.15. The van der Waals surface area contributed by atoms with Crippen molar-refractivity contribution in [1.82, 2.24) is 0 Å². The van der Waals surface area contributed by atoms with E-state index in [4.69, 9.17) is 4.74 Å². The molecule has 0 radical (unpaired) electrons. The van der Waals surface area contributed by atoms with Crippen molar-refractivity contribution < 1.29 is 9.84 Å². The van der Waals surface area contributed by atoms with Crippen LogP contribution in [-0.2, 0) is 0 Å². The van der Waals surface area contributed by atoms with Crippen LogP contribution in [0.3, 0.4) is 0 Å². The predicted molar refractivity (Wildman–Crippen MR) is 88.1 cm³/mol. The number of thiophene rings is 1. The molecule has 3 heteroatoms. The van der Waals surface area contributed by atoms with Gasteiger partial charge in [-0.2, -0.15) is 0 Å². The van der Waals surface area contributed by atoms with E-state index in [0.717, 1.165) is 22.3 Å². The first-order valence-electron chi connectivity index (χ1n) is 7.06. The van der Waals surface area contributed by atoms with E-state index >= 15 is 0 Å². The molecule has 2 aromatic carbocycles. The summed E-state index contributed by atoms with van der Waals surface area (Å²) in [5.41, 5.74) is 1.85. The zero-order valence-corrected chi connectivity index (χ0v) is 12.9. The number of rotatable bonds is 4. The number of hydrogen-bond acceptors (Lipinski definition) is 3. The molecule has 1 unspecified atom stereocenters. The molecule has 0 saturated heterocycles. The van der Waals surface area contributed by atoms with Crippen molar-refractivity contribution in [2.45, 2.75) is 26.1 Å². The summed E-state index contributed by atoms with van der Waals surface area (Å²) in [5, 5.41) is 13.8. The number of aliphatic hydroxyl groups excluding tert-OH is 1. The fraction of sp³-hybridized carbons (Fsp3) is 0.222. The summed E-state index contributed by atoms with van der Waals surface area (Å²) >= 11 is 1.66. The molecule has 0 aliphatic heterocycles. The third-order valence-electron chi connectivity index (χ3n) is 3.37. The molecule has 3 rings (SSSR count). The summed E-state index contributed by atoms with van der Waals surface area (Å²) in [4.78, 5) is 0. The Hall–Kier alpha value is -1.84. The molecule has 0 spiro atoms. The normalized spacial score (nSPS) is 12.8. The van der Waals surface area contributed by atoms with Gasteiger partial charge >= 0.3 is 0 Å². The van der Waals surface area contributed by atoms with Crippen LogP contribution in [0.1, 0.15) is 31.1 Å². The predicted octanol–water partition coefficient (Wildman–Crippen LogP) is 4.77. The van der Waals surface area contributed by atoms with Crippen LogP contribution in [0.2, 0.25) is 0 Å². The van der Waals surface area contributed by atoms with Crippen molar-refractivity contribution in [2.75, 3.05) is 0 Å². The Bertz CT molecular complexity index is 728. The molecule has 21 heavy (non-hydrogen) atoms. The van der Waals surface area contributed by atoms with Gasteiger partial charge < -0.3 is 9.84 Å². The molecule has 0 bridgehead atoms. The Morgan fingerprint density at radius 1 is 1.00 bits per heavy atom. The first-order valence-corrected chi connectivity index (χ1v) is 7.94. The molecule has 2 nitrogen and oxygen atoms in total. The Balaban J connectivity index is 1.89. The largest absolute Gasteiger partial charge is 0.491 e. The van der Waals surface area contributed by atoms with Crippen LogP contribution < -0.4 is 4.74 Å². The highest BCUT2D eigenvalue weighted by molar-refractivity contribution is 7.17. The van der Waals surface area contributed by atoms with Crippen LogP contribution in [0, 0.1) is 0 Å². The van der Waals surface area contributed by atoms with Gasteiger partial charge in [0.2, 0.25) is 0 Å². The quantitative estimate of drug-likeness (QED) is 0.751. The molecule has 1 heterocycles. The minimum Gasteiger partial charge on any atom is -0.491 e. The van der Waals surface area contributed by atoms with Gasteiger partial charge in [-0.15, -0.1) is 11.3 Å². The van der Waals surface area contributed by atoms with E-state index in [-0.39, 0.29) is 6.10 Å². The molecule has 0 amide bonds. The van der Waals surface area contributed by atoms with Crippen molar-refractivity contribution in [3.05, 3.63) is 65.0 Å². The van der Waals surface area contributed by atoms with Gasteiger partial charge in [0, 0.05) is 10.3 Å². The molecule has 1 N–H and O–H groups in total. The fourth-order valence-corrected chi connectivity index (χ4v) is 3.37. The van der Waals surface area contributed by atoms with Gasteiger partial charge in [0.25, 0.3) is 0 Å². The maximum absolute atomic E-state index is 10.6. The fourth-order valence-electron chi connectivity index (χ4n) is 2.39. The Labute approximate surface area is 128 Å². The van der Waals surface area contributed by atoms with Crippen LogP contribution in [0.5, 0.6) is 5.75 Å². The van der Waals surface area contributed by atoms with Gasteiger partial charge in [0.1, 0.15) is 11.9 Å². The van der Waals surface area contributed by atoms with E-state index in [0.29, 0.717) is 0 Å². The second-order valence-electron chi connectivity index (χ2n) is 5.33. The summed E-state index contributed by atoms with van der Waals surface area (Å²) in [6.07, 6.45) is -0.448. The lowest BCUT2D eigenvalue weighted by Gasteiger charge is -2.13. The van der Waals surface area contributed by atoms with Crippen LogP contribution >= 0.6 is 11.3 Å². The lowest BCUT2D eigenvalue weighted by atomic mass is 10.0. The van der Waals surface area contributed by atoms with Gasteiger partial charge in [-0.1, -0.05) is 30.3 Å². The van der Waals surface area contributed by atoms with E-state index < -0.39 is 6.10 Å². The monoisotopic (exact) mass is 298 g/mol. The van der Waals surface area contributed by atoms with Crippen LogP contribution in [0.15, 0.2) is 53.9 Å². The minimum absolute atomic E-state index is 0.154. The highest BCUT2D eigenvalue weighted by atomic mass is 32.1. The smallest absolute Gasteiger partial charge is 0.119 e. The summed E-state index contributed by atoms with van der Waals surface area (Å²) in [6, 6.07) is 15.8. The molecule has 108 valence electrons. The van der Waals surface area contributed by atoms with E-state index in [2.05, 4.69) is 12.1 Å². The maximum atomic E-state index is 10.6. The second-order valence-corrected chi connectivity index (χ2v) is 6.24. The van der Waals surface area contributed by atoms with Crippen molar-refractivity contribution in [1.29, 1.82) is 0 Å². The number of benzene rings is 2. The summed E-state index contributed by atoms with van der Waals surface area (Å²) in [7, 11) is 0. The zero-order valence-electron chi connectivity index (χ0n) is 12.1. The van der Waals surface area contributed by atoms with Crippen molar-refractivity contribution in [2.24, 2.45) is 0 Å². The van der Waals surface area contributed by atoms with E-state index in [1.165, 1.54) is 4.70 Å². The topological polar surface area (TPSA) is 29.5 Å². The van der Waals surface area contributed by atoms with Gasteiger partial charge in [0.15, 0.2) is 0 Å². The lowest BCUT2D eigenvalue weighted by Crippen LogP contribution is -2.05. The average molecular weight is 298 g/mol. The minimum atomic E-state index is -0.603. The van der Waals surface area contributed by atoms with Gasteiger partial charge in [0.05, 0.1) is 6.10 Å². The third kappa shape index (κ3) is 2.94. The summed E-state index contributed by atoms with van der Waals surface area (Å²) in [5.74, 6) is 0.830. The molecule has 1 aromatic heterocycles. The lowest BCUT2D eigenvalue weighted by molar-refractivity contribution is 0.221. The van der Waals surface area contributed by atoms with Crippen LogP contribution in [0.4, 0.5) is 0 Å². The second kappa shape index (κ2) is 5.88. The molecule has 0 saturated carbocycles. The average Bonchev–Trinajstić information content (AvgIpc) is 2.90. The SMILES string of the molecule is CC(C)Oc1ccc(C(O)c2csc3ccccc23)cc1. The first kappa shape index (κ1) is 14.1. The summed E-state index contributed by atoms with van der Waals surface area (Å²) < 4.78 is 6.83. The molecular weight excluding hydrogens is 280 g/mol. The zero-order chi connectivity index (χ0) is 14.8. The van der Waals surface area contributed by atoms with Crippen molar-refractivity contribution in [3.63, 3.8) is 0 Å². The number of aliphatic hydroxyl groups is 1. The molecule has 3 aromatic rings. The van der Waals surface area contributed by atoms with Crippen molar-refractivity contribution in [3.8, 4) is 5.75 Å². The van der Waals surface area contributed by atoms with E-state index in [1.807, 2.05) is 55.6 Å². The standard InChI is InChI=1S/C18H18O2S/c1-12(2)20-14-9-7-13(8-10-14)18(19)16-11-21-17-6-4-3-5-15(16)17/h3-12,18-19H,1-2H3. The van der Waals surface area contributed by atoms with E-state index in [1.54, 1.807) is 11.3 Å². The Morgan fingerprint density at radius 3 is 2.43 bits per heavy atom. The number of fused-ring (bicyclic) bond motifs is 1. The molecular formula is C18H18O2S. The molecule has 0 aliphatic rings. The van der Waals surface area contributed by atoms with Gasteiger partial charge in [-0.3, -0.25) is 0 Å². The molecule has 1 atom stereocenters. The Kier molecular flexibility index (Phi) is 3.95.